The number of aromatic carboxylic acids is 2. The van der Waals surface area contributed by atoms with E-state index < -0.39 is 11.9 Å². The Bertz CT molecular complexity index is 1290. The van der Waals surface area contributed by atoms with Gasteiger partial charge >= 0.3 is 11.9 Å². The molecule has 0 spiro atoms. The van der Waals surface area contributed by atoms with Crippen molar-refractivity contribution in [3.05, 3.63) is 131 Å². The van der Waals surface area contributed by atoms with Crippen LogP contribution < -0.4 is 4.74 Å². The smallest absolute Gasteiger partial charge is 0.336 e. The van der Waals surface area contributed by atoms with Crippen molar-refractivity contribution in [2.75, 3.05) is 0 Å². The number of carboxylic acids is 2. The van der Waals surface area contributed by atoms with E-state index in [2.05, 4.69) is 4.90 Å². The van der Waals surface area contributed by atoms with E-state index in [-0.39, 0.29) is 11.1 Å². The monoisotopic (exact) mass is 467 g/mol. The molecule has 0 aliphatic rings. The van der Waals surface area contributed by atoms with Gasteiger partial charge in [-0.05, 0) is 53.1 Å². The van der Waals surface area contributed by atoms with Crippen LogP contribution in [0.2, 0.25) is 0 Å². The average Bonchev–Trinajstić information content (AvgIpc) is 2.86. The lowest BCUT2D eigenvalue weighted by atomic mass is 10.0. The number of carboxylic acid groups (broad SMARTS) is 2. The molecule has 0 saturated carbocycles. The predicted molar refractivity (Wildman–Crippen MR) is 133 cm³/mol. The SMILES string of the molecule is O=C(O)c1ccc(CN(Cc2ccccc2)Cc2ccc(Oc3ccccc3)cc2)cc1C(=O)O. The van der Waals surface area contributed by atoms with Crippen LogP contribution in [0.25, 0.3) is 0 Å². The average molecular weight is 468 g/mol. The Balaban J connectivity index is 1.54. The minimum atomic E-state index is -1.26. The van der Waals surface area contributed by atoms with Crippen LogP contribution in [-0.4, -0.2) is 27.1 Å². The molecule has 6 heteroatoms. The maximum absolute atomic E-state index is 11.6. The minimum Gasteiger partial charge on any atom is -0.478 e. The first-order chi connectivity index (χ1) is 17.0. The largest absolute Gasteiger partial charge is 0.478 e. The summed E-state index contributed by atoms with van der Waals surface area (Å²) in [6.45, 7) is 1.72. The summed E-state index contributed by atoms with van der Waals surface area (Å²) in [4.78, 5) is 25.2. The standard InChI is InChI=1S/C29H25NO5/c31-28(32)26-16-13-23(17-27(26)29(33)34)20-30(18-21-7-3-1-4-8-21)19-22-11-14-25(15-12-22)35-24-9-5-2-6-10-24/h1-17H,18-20H2,(H,31,32)(H,33,34). The van der Waals surface area contributed by atoms with E-state index in [1.54, 1.807) is 6.07 Å². The third kappa shape index (κ3) is 6.56. The highest BCUT2D eigenvalue weighted by Gasteiger charge is 2.17. The number of benzene rings is 4. The Morgan fingerprint density at radius 1 is 0.571 bits per heavy atom. The van der Waals surface area contributed by atoms with Gasteiger partial charge in [0.2, 0.25) is 0 Å². The van der Waals surface area contributed by atoms with Gasteiger partial charge in [0.15, 0.2) is 0 Å². The Hall–Kier alpha value is -4.42. The molecule has 4 aromatic rings. The van der Waals surface area contributed by atoms with Crippen LogP contribution in [0.3, 0.4) is 0 Å². The van der Waals surface area contributed by atoms with Crippen molar-refractivity contribution in [3.8, 4) is 11.5 Å². The molecule has 0 aliphatic heterocycles. The topological polar surface area (TPSA) is 87.1 Å². The van der Waals surface area contributed by atoms with E-state index in [4.69, 9.17) is 4.74 Å². The zero-order chi connectivity index (χ0) is 24.6. The van der Waals surface area contributed by atoms with Gasteiger partial charge in [-0.25, -0.2) is 9.59 Å². The summed E-state index contributed by atoms with van der Waals surface area (Å²) in [5.74, 6) is -1.00. The lowest BCUT2D eigenvalue weighted by Crippen LogP contribution is -2.23. The van der Waals surface area contributed by atoms with E-state index in [0.717, 1.165) is 28.2 Å². The van der Waals surface area contributed by atoms with Crippen molar-refractivity contribution >= 4 is 11.9 Å². The van der Waals surface area contributed by atoms with Crippen molar-refractivity contribution in [1.82, 2.24) is 4.90 Å². The Morgan fingerprint density at radius 3 is 1.66 bits per heavy atom. The Labute approximate surface area is 203 Å². The Kier molecular flexibility index (Phi) is 7.55. The normalized spacial score (nSPS) is 10.8. The van der Waals surface area contributed by atoms with Crippen molar-refractivity contribution in [2.45, 2.75) is 19.6 Å². The molecule has 0 saturated heterocycles. The van der Waals surface area contributed by atoms with E-state index in [1.165, 1.54) is 12.1 Å². The quantitative estimate of drug-likeness (QED) is 0.294. The van der Waals surface area contributed by atoms with Gasteiger partial charge in [-0.15, -0.1) is 0 Å². The molecular weight excluding hydrogens is 442 g/mol. The molecule has 0 atom stereocenters. The van der Waals surface area contributed by atoms with Crippen molar-refractivity contribution < 1.29 is 24.5 Å². The van der Waals surface area contributed by atoms with E-state index >= 15 is 0 Å². The van der Waals surface area contributed by atoms with Gasteiger partial charge < -0.3 is 14.9 Å². The van der Waals surface area contributed by atoms with Crippen LogP contribution in [0.4, 0.5) is 0 Å². The third-order valence-corrected chi connectivity index (χ3v) is 5.51. The molecule has 0 aliphatic carbocycles. The van der Waals surface area contributed by atoms with Crippen LogP contribution in [0.15, 0.2) is 103 Å². The molecular formula is C29H25NO5. The summed E-state index contributed by atoms with van der Waals surface area (Å²) in [5.41, 5.74) is 2.49. The molecule has 6 nitrogen and oxygen atoms in total. The van der Waals surface area contributed by atoms with E-state index in [0.29, 0.717) is 19.6 Å². The molecule has 0 amide bonds. The second-order valence-electron chi connectivity index (χ2n) is 8.18. The second kappa shape index (κ2) is 11.1. The summed E-state index contributed by atoms with van der Waals surface area (Å²) in [6.07, 6.45) is 0. The molecule has 2 N–H and O–H groups in total. The minimum absolute atomic E-state index is 0.211. The number of rotatable bonds is 10. The van der Waals surface area contributed by atoms with Crippen LogP contribution in [0.5, 0.6) is 11.5 Å². The fourth-order valence-corrected chi connectivity index (χ4v) is 3.87. The highest BCUT2D eigenvalue weighted by Crippen LogP contribution is 2.23. The number of hydrogen-bond donors (Lipinski definition) is 2. The van der Waals surface area contributed by atoms with Gasteiger partial charge in [0, 0.05) is 19.6 Å². The number of hydrogen-bond acceptors (Lipinski definition) is 4. The summed E-state index contributed by atoms with van der Waals surface area (Å²) in [5, 5.41) is 18.8. The summed E-state index contributed by atoms with van der Waals surface area (Å²) >= 11 is 0. The lowest BCUT2D eigenvalue weighted by Gasteiger charge is -2.23. The van der Waals surface area contributed by atoms with Gasteiger partial charge in [0.25, 0.3) is 0 Å². The zero-order valence-electron chi connectivity index (χ0n) is 19.0. The molecule has 0 fully saturated rings. The van der Waals surface area contributed by atoms with E-state index in [9.17, 15) is 19.8 Å². The third-order valence-electron chi connectivity index (χ3n) is 5.51. The molecule has 4 rings (SSSR count). The fraction of sp³-hybridized carbons (Fsp3) is 0.103. The highest BCUT2D eigenvalue weighted by atomic mass is 16.5. The molecule has 0 heterocycles. The van der Waals surface area contributed by atoms with Gasteiger partial charge in [-0.3, -0.25) is 4.90 Å². The predicted octanol–water partition coefficient (Wildman–Crippen LogP) is 6.08. The van der Waals surface area contributed by atoms with Crippen LogP contribution in [0.1, 0.15) is 37.4 Å². The van der Waals surface area contributed by atoms with Gasteiger partial charge in [-0.1, -0.05) is 66.7 Å². The molecule has 0 radical (unpaired) electrons. The first-order valence-corrected chi connectivity index (χ1v) is 11.2. The molecule has 0 unspecified atom stereocenters. The maximum atomic E-state index is 11.6. The lowest BCUT2D eigenvalue weighted by molar-refractivity contribution is 0.0651. The van der Waals surface area contributed by atoms with E-state index in [1.807, 2.05) is 84.9 Å². The molecule has 176 valence electrons. The van der Waals surface area contributed by atoms with Crippen LogP contribution >= 0.6 is 0 Å². The zero-order valence-corrected chi connectivity index (χ0v) is 19.0. The molecule has 0 bridgehead atoms. The fourth-order valence-electron chi connectivity index (χ4n) is 3.87. The molecule has 0 aromatic heterocycles. The van der Waals surface area contributed by atoms with Gasteiger partial charge in [-0.2, -0.15) is 0 Å². The second-order valence-corrected chi connectivity index (χ2v) is 8.18. The van der Waals surface area contributed by atoms with Gasteiger partial charge in [0.05, 0.1) is 11.1 Å². The van der Waals surface area contributed by atoms with Crippen molar-refractivity contribution in [1.29, 1.82) is 0 Å². The van der Waals surface area contributed by atoms with Gasteiger partial charge in [0.1, 0.15) is 11.5 Å². The molecule has 35 heavy (non-hydrogen) atoms. The summed E-state index contributed by atoms with van der Waals surface area (Å²) in [7, 11) is 0. The van der Waals surface area contributed by atoms with Crippen molar-refractivity contribution in [2.24, 2.45) is 0 Å². The summed E-state index contributed by atoms with van der Waals surface area (Å²) < 4.78 is 5.88. The maximum Gasteiger partial charge on any atom is 0.336 e. The summed E-state index contributed by atoms with van der Waals surface area (Å²) in [6, 6.07) is 31.9. The number of nitrogens with zero attached hydrogens (tertiary/aromatic N) is 1. The number of ether oxygens (including phenoxy) is 1. The molecule has 4 aromatic carbocycles. The number of para-hydroxylation sites is 1. The van der Waals surface area contributed by atoms with Crippen LogP contribution in [0, 0.1) is 0 Å². The number of carbonyl (C=O) groups is 2. The first kappa shape index (κ1) is 23.7. The highest BCUT2D eigenvalue weighted by molar-refractivity contribution is 6.01. The Morgan fingerprint density at radius 2 is 1.06 bits per heavy atom. The first-order valence-electron chi connectivity index (χ1n) is 11.2. The van der Waals surface area contributed by atoms with Crippen molar-refractivity contribution in [3.63, 3.8) is 0 Å². The van der Waals surface area contributed by atoms with Crippen LogP contribution in [-0.2, 0) is 19.6 Å².